The van der Waals surface area contributed by atoms with Crippen LogP contribution in [-0.4, -0.2) is 12.2 Å². The summed E-state index contributed by atoms with van der Waals surface area (Å²) in [5.74, 6) is 0.302. The van der Waals surface area contributed by atoms with E-state index in [9.17, 15) is 9.50 Å². The number of hydrogen-bond acceptors (Lipinski definition) is 2. The molecule has 2 aromatic rings. The number of methoxy groups -OCH3 is 1. The minimum atomic E-state index is -0.815. The Bertz CT molecular complexity index is 619. The van der Waals surface area contributed by atoms with Crippen molar-refractivity contribution in [2.75, 3.05) is 7.11 Å². The number of hydrogen-bond donors (Lipinski definition) is 1. The molecule has 1 unspecified atom stereocenters. The van der Waals surface area contributed by atoms with Crippen molar-refractivity contribution < 1.29 is 14.2 Å². The molecule has 20 heavy (non-hydrogen) atoms. The SMILES string of the molecule is COc1ccc(C(O)Cc2cc(Cl)ccc2F)cc1Br. The van der Waals surface area contributed by atoms with Crippen molar-refractivity contribution in [3.63, 3.8) is 0 Å². The van der Waals surface area contributed by atoms with Crippen LogP contribution in [0.4, 0.5) is 4.39 Å². The van der Waals surface area contributed by atoms with Gasteiger partial charge in [-0.3, -0.25) is 0 Å². The van der Waals surface area contributed by atoms with Crippen LogP contribution in [-0.2, 0) is 6.42 Å². The van der Waals surface area contributed by atoms with E-state index in [0.29, 0.717) is 21.9 Å². The van der Waals surface area contributed by atoms with Crippen LogP contribution in [0.1, 0.15) is 17.2 Å². The molecule has 5 heteroatoms. The third-order valence-electron chi connectivity index (χ3n) is 2.98. The molecule has 0 radical (unpaired) electrons. The maximum atomic E-state index is 13.6. The van der Waals surface area contributed by atoms with Crippen molar-refractivity contribution in [1.29, 1.82) is 0 Å². The first kappa shape index (κ1) is 15.3. The van der Waals surface area contributed by atoms with Crippen LogP contribution < -0.4 is 4.74 Å². The molecule has 0 aliphatic heterocycles. The maximum absolute atomic E-state index is 13.6. The van der Waals surface area contributed by atoms with Gasteiger partial charge in [0.1, 0.15) is 11.6 Å². The quantitative estimate of drug-likeness (QED) is 0.869. The Balaban J connectivity index is 2.21. The first-order valence-corrected chi connectivity index (χ1v) is 7.14. The lowest BCUT2D eigenvalue weighted by molar-refractivity contribution is 0.177. The van der Waals surface area contributed by atoms with E-state index in [2.05, 4.69) is 15.9 Å². The standard InChI is InChI=1S/C15H13BrClFO2/c1-20-15-5-2-9(7-12(15)16)14(19)8-10-6-11(17)3-4-13(10)18/h2-7,14,19H,8H2,1H3. The summed E-state index contributed by atoms with van der Waals surface area (Å²) in [7, 11) is 1.57. The first-order chi connectivity index (χ1) is 9.51. The van der Waals surface area contributed by atoms with Gasteiger partial charge in [0.25, 0.3) is 0 Å². The van der Waals surface area contributed by atoms with E-state index >= 15 is 0 Å². The lowest BCUT2D eigenvalue weighted by atomic mass is 10.0. The molecular formula is C15H13BrClFO2. The molecule has 0 saturated heterocycles. The predicted molar refractivity (Wildman–Crippen MR) is 80.8 cm³/mol. The van der Waals surface area contributed by atoms with Gasteiger partial charge in [-0.25, -0.2) is 4.39 Å². The number of ether oxygens (including phenoxy) is 1. The molecule has 1 N–H and O–H groups in total. The molecule has 106 valence electrons. The van der Waals surface area contributed by atoms with Crippen LogP contribution in [0.3, 0.4) is 0 Å². The van der Waals surface area contributed by atoms with E-state index in [0.717, 1.165) is 4.47 Å². The summed E-state index contributed by atoms with van der Waals surface area (Å²) in [4.78, 5) is 0. The summed E-state index contributed by atoms with van der Waals surface area (Å²) in [6, 6.07) is 9.56. The lowest BCUT2D eigenvalue weighted by Crippen LogP contribution is -2.04. The van der Waals surface area contributed by atoms with Crippen molar-refractivity contribution >= 4 is 27.5 Å². The highest BCUT2D eigenvalue weighted by molar-refractivity contribution is 9.10. The average molecular weight is 360 g/mol. The van der Waals surface area contributed by atoms with Gasteiger partial charge in [-0.2, -0.15) is 0 Å². The summed E-state index contributed by atoms with van der Waals surface area (Å²) in [5, 5.41) is 10.7. The van der Waals surface area contributed by atoms with Crippen LogP contribution in [0.2, 0.25) is 5.02 Å². The third kappa shape index (κ3) is 3.51. The second kappa shape index (κ2) is 6.57. The Labute approximate surface area is 130 Å². The normalized spacial score (nSPS) is 12.2. The van der Waals surface area contributed by atoms with Gasteiger partial charge in [0.05, 0.1) is 17.7 Å². The zero-order valence-electron chi connectivity index (χ0n) is 10.7. The molecule has 0 saturated carbocycles. The summed E-state index contributed by atoms with van der Waals surface area (Å²) >= 11 is 9.19. The van der Waals surface area contributed by atoms with Crippen LogP contribution in [0.5, 0.6) is 5.75 Å². The molecule has 0 aromatic heterocycles. The van der Waals surface area contributed by atoms with Crippen molar-refractivity contribution in [1.82, 2.24) is 0 Å². The molecule has 2 nitrogen and oxygen atoms in total. The van der Waals surface area contributed by atoms with Crippen molar-refractivity contribution in [2.45, 2.75) is 12.5 Å². The summed E-state index contributed by atoms with van der Waals surface area (Å²) < 4.78 is 19.5. The molecule has 0 aliphatic carbocycles. The van der Waals surface area contributed by atoms with E-state index < -0.39 is 6.10 Å². The van der Waals surface area contributed by atoms with E-state index in [1.165, 1.54) is 18.2 Å². The van der Waals surface area contributed by atoms with Gasteiger partial charge in [0.15, 0.2) is 0 Å². The number of halogens is 3. The van der Waals surface area contributed by atoms with E-state index in [1.54, 1.807) is 25.3 Å². The third-order valence-corrected chi connectivity index (χ3v) is 3.84. The minimum absolute atomic E-state index is 0.158. The molecule has 0 aliphatic rings. The minimum Gasteiger partial charge on any atom is -0.496 e. The fourth-order valence-electron chi connectivity index (χ4n) is 1.92. The monoisotopic (exact) mass is 358 g/mol. The summed E-state index contributed by atoms with van der Waals surface area (Å²) in [6.45, 7) is 0. The number of aliphatic hydroxyl groups is 1. The van der Waals surface area contributed by atoms with Crippen molar-refractivity contribution in [3.05, 3.63) is 62.8 Å². The highest BCUT2D eigenvalue weighted by Crippen LogP contribution is 2.30. The zero-order valence-corrected chi connectivity index (χ0v) is 13.1. The highest BCUT2D eigenvalue weighted by Gasteiger charge is 2.13. The van der Waals surface area contributed by atoms with Gasteiger partial charge in [-0.15, -0.1) is 0 Å². The van der Waals surface area contributed by atoms with Gasteiger partial charge in [-0.05, 0) is 57.4 Å². The molecule has 0 amide bonds. The number of benzene rings is 2. The number of rotatable bonds is 4. The summed E-state index contributed by atoms with van der Waals surface area (Å²) in [5.41, 5.74) is 1.06. The van der Waals surface area contributed by atoms with Gasteiger partial charge in [0.2, 0.25) is 0 Å². The van der Waals surface area contributed by atoms with Crippen molar-refractivity contribution in [3.8, 4) is 5.75 Å². The Kier molecular flexibility index (Phi) is 5.02. The molecule has 0 fully saturated rings. The topological polar surface area (TPSA) is 29.5 Å². The molecule has 1 atom stereocenters. The van der Waals surface area contributed by atoms with Gasteiger partial charge in [-0.1, -0.05) is 17.7 Å². The first-order valence-electron chi connectivity index (χ1n) is 5.96. The van der Waals surface area contributed by atoms with E-state index in [1.807, 2.05) is 0 Å². The zero-order chi connectivity index (χ0) is 14.7. The second-order valence-corrected chi connectivity index (χ2v) is 5.64. The second-order valence-electron chi connectivity index (χ2n) is 4.35. The van der Waals surface area contributed by atoms with Crippen LogP contribution in [0.25, 0.3) is 0 Å². The Morgan fingerprint density at radius 2 is 2.05 bits per heavy atom. The van der Waals surface area contributed by atoms with E-state index in [-0.39, 0.29) is 12.2 Å². The molecule has 2 aromatic carbocycles. The largest absolute Gasteiger partial charge is 0.496 e. The Morgan fingerprint density at radius 1 is 1.30 bits per heavy atom. The fourth-order valence-corrected chi connectivity index (χ4v) is 2.67. The predicted octanol–water partition coefficient (Wildman–Crippen LogP) is 4.53. The molecular weight excluding hydrogens is 347 g/mol. The van der Waals surface area contributed by atoms with Gasteiger partial charge in [0, 0.05) is 11.4 Å². The molecule has 0 bridgehead atoms. The van der Waals surface area contributed by atoms with Crippen LogP contribution in [0.15, 0.2) is 40.9 Å². The fraction of sp³-hybridized carbons (Fsp3) is 0.200. The lowest BCUT2D eigenvalue weighted by Gasteiger charge is -2.13. The number of aliphatic hydroxyl groups excluding tert-OH is 1. The highest BCUT2D eigenvalue weighted by atomic mass is 79.9. The maximum Gasteiger partial charge on any atom is 0.133 e. The van der Waals surface area contributed by atoms with Gasteiger partial charge < -0.3 is 9.84 Å². The average Bonchev–Trinajstić information content (AvgIpc) is 2.42. The molecule has 0 heterocycles. The van der Waals surface area contributed by atoms with Crippen molar-refractivity contribution in [2.24, 2.45) is 0 Å². The van der Waals surface area contributed by atoms with Crippen LogP contribution >= 0.6 is 27.5 Å². The smallest absolute Gasteiger partial charge is 0.133 e. The Hall–Kier alpha value is -1.10. The summed E-state index contributed by atoms with van der Waals surface area (Å²) in [6.07, 6.45) is -0.657. The van der Waals surface area contributed by atoms with Gasteiger partial charge >= 0.3 is 0 Å². The van der Waals surface area contributed by atoms with E-state index in [4.69, 9.17) is 16.3 Å². The molecule has 2 rings (SSSR count). The Morgan fingerprint density at radius 3 is 2.70 bits per heavy atom. The van der Waals surface area contributed by atoms with Crippen LogP contribution in [0, 0.1) is 5.82 Å². The molecule has 0 spiro atoms.